The fourth-order valence-corrected chi connectivity index (χ4v) is 28.4. The average Bonchev–Trinajstić information content (AvgIpc) is 1.57. The molecule has 85 heavy (non-hydrogen) atoms. The normalized spacial score (nSPS) is 13.2. The van der Waals surface area contributed by atoms with Gasteiger partial charge in [-0.1, -0.05) is 227 Å². The third-order valence-electron chi connectivity index (χ3n) is 18.5. The second kappa shape index (κ2) is 19.2. The SMILES string of the molecule is C[Si](C)(C)C1([Si](C)(C)C)c2cc3cc(N(c4cccc(-c5ccccc5)c4)c4cccc5c4oc4ccccc45)ccc3cc2-c2c1c1ccc(N(c3cccc(-c4ccccc4)c3)c3cccc4c3oc3ccccc34)cc1c1ccccc21. The minimum Gasteiger partial charge on any atom is -0.454 e. The van der Waals surface area contributed by atoms with Gasteiger partial charge in [0.15, 0.2) is 11.2 Å². The summed E-state index contributed by atoms with van der Waals surface area (Å²) in [5, 5.41) is 12.0. The van der Waals surface area contributed by atoms with Crippen LogP contribution in [-0.2, 0) is 4.66 Å². The zero-order valence-electron chi connectivity index (χ0n) is 48.6. The number of para-hydroxylation sites is 4. The van der Waals surface area contributed by atoms with Crippen LogP contribution in [0.5, 0.6) is 0 Å². The molecular weight excluding hydrogens is 1070 g/mol. The van der Waals surface area contributed by atoms with E-state index in [0.29, 0.717) is 0 Å². The van der Waals surface area contributed by atoms with Crippen LogP contribution in [0.4, 0.5) is 34.1 Å². The Bertz CT molecular complexity index is 5170. The predicted octanol–water partition coefficient (Wildman–Crippen LogP) is 23.2. The van der Waals surface area contributed by atoms with Gasteiger partial charge in [0, 0.05) is 49.0 Å². The summed E-state index contributed by atoms with van der Waals surface area (Å²) in [5.41, 5.74) is 20.2. The van der Waals surface area contributed by atoms with Gasteiger partial charge in [0.05, 0.1) is 27.5 Å². The number of hydrogen-bond acceptors (Lipinski definition) is 4. The van der Waals surface area contributed by atoms with Crippen molar-refractivity contribution in [3.63, 3.8) is 0 Å². The molecule has 6 heteroatoms. The summed E-state index contributed by atoms with van der Waals surface area (Å²) in [7, 11) is -4.48. The fraction of sp³-hybridized carbons (Fsp3) is 0.0886. The van der Waals surface area contributed by atoms with Crippen molar-refractivity contribution >= 4 is 126 Å². The van der Waals surface area contributed by atoms with E-state index in [1.165, 1.54) is 65.7 Å². The first-order chi connectivity index (χ1) is 41.4. The monoisotopic (exact) mass is 1130 g/mol. The lowest BCUT2D eigenvalue weighted by Crippen LogP contribution is -2.63. The zero-order valence-corrected chi connectivity index (χ0v) is 50.6. The first kappa shape index (κ1) is 51.0. The Morgan fingerprint density at radius 2 is 0.753 bits per heavy atom. The van der Waals surface area contributed by atoms with E-state index in [0.717, 1.165) is 89.1 Å². The van der Waals surface area contributed by atoms with Gasteiger partial charge in [-0.05, 0) is 156 Å². The van der Waals surface area contributed by atoms with Crippen LogP contribution >= 0.6 is 0 Å². The molecule has 0 spiro atoms. The third kappa shape index (κ3) is 7.78. The smallest absolute Gasteiger partial charge is 0.159 e. The third-order valence-corrected chi connectivity index (χ3v) is 28.5. The van der Waals surface area contributed by atoms with E-state index in [1.807, 2.05) is 0 Å². The average molecular weight is 1130 g/mol. The van der Waals surface area contributed by atoms with Crippen molar-refractivity contribution in [1.29, 1.82) is 0 Å². The number of anilines is 6. The van der Waals surface area contributed by atoms with Crippen molar-refractivity contribution in [1.82, 2.24) is 0 Å². The number of furan rings is 2. The molecule has 0 fully saturated rings. The van der Waals surface area contributed by atoms with Crippen molar-refractivity contribution in [2.24, 2.45) is 0 Å². The molecule has 0 unspecified atom stereocenters. The second-order valence-electron chi connectivity index (χ2n) is 25.2. The molecule has 2 aromatic heterocycles. The second-order valence-corrected chi connectivity index (χ2v) is 36.2. The molecule has 0 saturated heterocycles. The molecular formula is C79H62N2O2Si2. The summed E-state index contributed by atoms with van der Waals surface area (Å²) < 4.78 is 13.6. The van der Waals surface area contributed by atoms with Crippen LogP contribution in [0.2, 0.25) is 39.3 Å². The molecule has 2 heterocycles. The maximum Gasteiger partial charge on any atom is 0.159 e. The topological polar surface area (TPSA) is 32.8 Å². The first-order valence-corrected chi connectivity index (χ1v) is 36.7. The standard InChI is InChI=1S/C79H62N2O2Si2/c1-84(2,3)79(85(4,5)6)70-49-56-47-59(80(57-29-19-27-53(45-57)51-23-9-7-10-24-51)71-37-21-35-66-62-32-15-17-39-73(62)82-77(66)71)42-41-55(56)48-69(70)75-64-34-14-13-31-61(64)68-50-60(43-44-65(68)76(75)79)81(58-30-20-28-54(46-58)52-25-11-8-12-26-52)72-38-22-36-67-63-33-16-18-40-74(63)83-78(67)72/h7-50H,1-6H3. The Morgan fingerprint density at radius 1 is 0.306 bits per heavy atom. The quantitative estimate of drug-likeness (QED) is 0.101. The number of benzene rings is 13. The molecule has 408 valence electrons. The van der Waals surface area contributed by atoms with Gasteiger partial charge in [0.2, 0.25) is 0 Å². The molecule has 0 radical (unpaired) electrons. The highest BCUT2D eigenvalue weighted by Gasteiger charge is 2.60. The van der Waals surface area contributed by atoms with Crippen LogP contribution in [0, 0.1) is 0 Å². The molecule has 0 N–H and O–H groups in total. The van der Waals surface area contributed by atoms with Gasteiger partial charge in [-0.3, -0.25) is 0 Å². The molecule has 16 rings (SSSR count). The Labute approximate surface area is 497 Å². The van der Waals surface area contributed by atoms with Crippen LogP contribution < -0.4 is 9.80 Å². The van der Waals surface area contributed by atoms with Crippen LogP contribution in [0.1, 0.15) is 11.1 Å². The molecule has 1 aliphatic carbocycles. The van der Waals surface area contributed by atoms with Gasteiger partial charge in [-0.15, -0.1) is 0 Å². The van der Waals surface area contributed by atoms with Crippen LogP contribution in [0.3, 0.4) is 0 Å². The minimum absolute atomic E-state index is 0.189. The maximum atomic E-state index is 6.89. The summed E-state index contributed by atoms with van der Waals surface area (Å²) in [6, 6.07) is 98.3. The van der Waals surface area contributed by atoms with E-state index < -0.39 is 16.1 Å². The van der Waals surface area contributed by atoms with Crippen molar-refractivity contribution in [2.45, 2.75) is 43.9 Å². The summed E-state index contributed by atoms with van der Waals surface area (Å²) in [5.74, 6) is 0. The Balaban J connectivity index is 0.929. The number of fused-ring (bicyclic) bond motifs is 15. The van der Waals surface area contributed by atoms with Crippen LogP contribution in [0.25, 0.3) is 110 Å². The highest BCUT2D eigenvalue weighted by Crippen LogP contribution is 2.63. The molecule has 0 saturated carbocycles. The lowest BCUT2D eigenvalue weighted by Gasteiger charge is -2.51. The highest BCUT2D eigenvalue weighted by atomic mass is 28.4. The van der Waals surface area contributed by atoms with Crippen molar-refractivity contribution in [3.8, 4) is 33.4 Å². The van der Waals surface area contributed by atoms with E-state index in [4.69, 9.17) is 8.83 Å². The van der Waals surface area contributed by atoms with Crippen molar-refractivity contribution in [2.75, 3.05) is 9.80 Å². The number of rotatable bonds is 10. The highest BCUT2D eigenvalue weighted by molar-refractivity contribution is 7.00. The maximum absolute atomic E-state index is 6.89. The largest absolute Gasteiger partial charge is 0.454 e. The predicted molar refractivity (Wildman–Crippen MR) is 367 cm³/mol. The van der Waals surface area contributed by atoms with E-state index in [1.54, 1.807) is 0 Å². The fourth-order valence-electron chi connectivity index (χ4n) is 15.3. The Morgan fingerprint density at radius 3 is 1.31 bits per heavy atom. The molecule has 13 aromatic carbocycles. The summed E-state index contributed by atoms with van der Waals surface area (Å²) >= 11 is 0. The van der Waals surface area contributed by atoms with E-state index in [-0.39, 0.29) is 4.66 Å². The summed E-state index contributed by atoms with van der Waals surface area (Å²) in [6.45, 7) is 15.9. The van der Waals surface area contributed by atoms with Gasteiger partial charge in [-0.25, -0.2) is 0 Å². The molecule has 0 amide bonds. The van der Waals surface area contributed by atoms with Crippen LogP contribution in [0.15, 0.2) is 276 Å². The molecule has 0 atom stereocenters. The van der Waals surface area contributed by atoms with E-state index >= 15 is 0 Å². The Hall–Kier alpha value is -9.73. The molecule has 15 aromatic rings. The zero-order chi connectivity index (χ0) is 57.3. The van der Waals surface area contributed by atoms with Crippen molar-refractivity contribution < 1.29 is 8.83 Å². The lowest BCUT2D eigenvalue weighted by molar-refractivity contribution is 0.668. The molecule has 4 nitrogen and oxygen atoms in total. The first-order valence-electron chi connectivity index (χ1n) is 29.7. The van der Waals surface area contributed by atoms with Gasteiger partial charge in [-0.2, -0.15) is 0 Å². The number of nitrogens with zero attached hydrogens (tertiary/aromatic N) is 2. The molecule has 0 aliphatic heterocycles. The lowest BCUT2D eigenvalue weighted by atomic mass is 9.90. The van der Waals surface area contributed by atoms with Gasteiger partial charge in [0.25, 0.3) is 0 Å². The number of hydrogen-bond donors (Lipinski definition) is 0. The van der Waals surface area contributed by atoms with Crippen LogP contribution in [-0.4, -0.2) is 16.1 Å². The van der Waals surface area contributed by atoms with E-state index in [9.17, 15) is 0 Å². The van der Waals surface area contributed by atoms with Crippen molar-refractivity contribution in [3.05, 3.63) is 278 Å². The Kier molecular flexibility index (Phi) is 11.5. The summed E-state index contributed by atoms with van der Waals surface area (Å²) in [4.78, 5) is 4.84. The van der Waals surface area contributed by atoms with Gasteiger partial charge in [0.1, 0.15) is 11.2 Å². The van der Waals surface area contributed by atoms with Gasteiger partial charge >= 0.3 is 0 Å². The summed E-state index contributed by atoms with van der Waals surface area (Å²) in [6.07, 6.45) is 0. The van der Waals surface area contributed by atoms with E-state index in [2.05, 4.69) is 316 Å². The van der Waals surface area contributed by atoms with Gasteiger partial charge < -0.3 is 18.6 Å². The molecule has 1 aliphatic rings. The minimum atomic E-state index is -2.24. The molecule has 0 bridgehead atoms.